The number of aryl methyl sites for hydroxylation is 2. The van der Waals surface area contributed by atoms with Gasteiger partial charge in [-0.25, -0.2) is 4.39 Å². The molecule has 0 radical (unpaired) electrons. The van der Waals surface area contributed by atoms with Crippen LogP contribution in [0.3, 0.4) is 0 Å². The van der Waals surface area contributed by atoms with Gasteiger partial charge in [-0.05, 0) is 43.2 Å². The predicted molar refractivity (Wildman–Crippen MR) is 63.6 cm³/mol. The lowest BCUT2D eigenvalue weighted by Gasteiger charge is -2.02. The van der Waals surface area contributed by atoms with Crippen molar-refractivity contribution >= 4 is 17.0 Å². The van der Waals surface area contributed by atoms with E-state index in [9.17, 15) is 4.39 Å². The Morgan fingerprint density at radius 2 is 1.93 bits per heavy atom. The van der Waals surface area contributed by atoms with Gasteiger partial charge >= 0.3 is 0 Å². The van der Waals surface area contributed by atoms with Crippen molar-refractivity contribution in [2.45, 2.75) is 13.8 Å². The highest BCUT2D eigenvalue weighted by atomic mass is 32.1. The molecular weight excluding hydrogens is 209 g/mol. The van der Waals surface area contributed by atoms with Crippen LogP contribution in [0.15, 0.2) is 24.3 Å². The Kier molecular flexibility index (Phi) is 2.49. The molecule has 2 N–H and O–H groups in total. The highest BCUT2D eigenvalue weighted by molar-refractivity contribution is 7.12. The summed E-state index contributed by atoms with van der Waals surface area (Å²) in [5.41, 5.74) is 7.87. The first-order chi connectivity index (χ1) is 7.08. The quantitative estimate of drug-likeness (QED) is 0.729. The van der Waals surface area contributed by atoms with Crippen LogP contribution < -0.4 is 5.73 Å². The molecule has 0 saturated heterocycles. The second kappa shape index (κ2) is 3.66. The number of rotatable bonds is 1. The first-order valence-electron chi connectivity index (χ1n) is 4.70. The third kappa shape index (κ3) is 1.88. The maximum atomic E-state index is 13.0. The van der Waals surface area contributed by atoms with Crippen LogP contribution in [0, 0.1) is 19.7 Å². The van der Waals surface area contributed by atoms with Gasteiger partial charge in [0.25, 0.3) is 0 Å². The number of hydrogen-bond acceptors (Lipinski definition) is 2. The first-order valence-corrected chi connectivity index (χ1v) is 5.52. The van der Waals surface area contributed by atoms with E-state index >= 15 is 0 Å². The van der Waals surface area contributed by atoms with Gasteiger partial charge in [0.2, 0.25) is 0 Å². The molecule has 2 aromatic rings. The Bertz CT molecular complexity index is 502. The summed E-state index contributed by atoms with van der Waals surface area (Å²) in [6.07, 6.45) is 0. The zero-order valence-electron chi connectivity index (χ0n) is 8.67. The van der Waals surface area contributed by atoms with E-state index in [2.05, 4.69) is 19.9 Å². The van der Waals surface area contributed by atoms with Crippen LogP contribution in [0.1, 0.15) is 9.75 Å². The first kappa shape index (κ1) is 10.2. The molecule has 0 amide bonds. The molecule has 0 atom stereocenters. The fourth-order valence-electron chi connectivity index (χ4n) is 1.63. The zero-order valence-corrected chi connectivity index (χ0v) is 9.49. The normalized spacial score (nSPS) is 10.6. The minimum absolute atomic E-state index is 0.204. The van der Waals surface area contributed by atoms with E-state index < -0.39 is 0 Å². The molecule has 0 fully saturated rings. The number of nitrogen functional groups attached to an aromatic ring is 1. The van der Waals surface area contributed by atoms with Gasteiger partial charge in [0.1, 0.15) is 5.82 Å². The average Bonchev–Trinajstić information content (AvgIpc) is 2.50. The molecule has 0 aliphatic heterocycles. The van der Waals surface area contributed by atoms with Crippen molar-refractivity contribution in [2.24, 2.45) is 0 Å². The van der Waals surface area contributed by atoms with Gasteiger partial charge in [-0.2, -0.15) is 0 Å². The summed E-state index contributed by atoms with van der Waals surface area (Å²) >= 11 is 1.74. The van der Waals surface area contributed by atoms with Crippen molar-refractivity contribution in [3.05, 3.63) is 39.8 Å². The van der Waals surface area contributed by atoms with Gasteiger partial charge in [-0.15, -0.1) is 11.3 Å². The van der Waals surface area contributed by atoms with Crippen LogP contribution in [0.25, 0.3) is 11.1 Å². The molecule has 0 bridgehead atoms. The summed E-state index contributed by atoms with van der Waals surface area (Å²) in [5, 5.41) is 0. The Morgan fingerprint density at radius 1 is 1.20 bits per heavy atom. The fraction of sp³-hybridized carbons (Fsp3) is 0.167. The second-order valence-corrected chi connectivity index (χ2v) is 5.02. The monoisotopic (exact) mass is 221 g/mol. The Morgan fingerprint density at radius 3 is 2.47 bits per heavy atom. The Hall–Kier alpha value is -1.35. The van der Waals surface area contributed by atoms with Gasteiger partial charge in [0.05, 0.1) is 5.69 Å². The average molecular weight is 221 g/mol. The van der Waals surface area contributed by atoms with Crippen LogP contribution in [0.4, 0.5) is 10.1 Å². The number of nitrogens with two attached hydrogens (primary N) is 1. The van der Waals surface area contributed by atoms with Crippen molar-refractivity contribution in [3.8, 4) is 11.1 Å². The third-order valence-electron chi connectivity index (χ3n) is 2.35. The molecule has 0 saturated carbocycles. The van der Waals surface area contributed by atoms with Crippen molar-refractivity contribution in [1.29, 1.82) is 0 Å². The molecule has 0 aliphatic rings. The highest BCUT2D eigenvalue weighted by Crippen LogP contribution is 2.31. The molecule has 15 heavy (non-hydrogen) atoms. The van der Waals surface area contributed by atoms with E-state index in [1.807, 2.05) is 0 Å². The summed E-state index contributed by atoms with van der Waals surface area (Å²) in [7, 11) is 0. The van der Waals surface area contributed by atoms with E-state index in [1.54, 1.807) is 23.5 Å². The van der Waals surface area contributed by atoms with Crippen LogP contribution in [0.2, 0.25) is 0 Å². The maximum Gasteiger partial charge on any atom is 0.146 e. The smallest absolute Gasteiger partial charge is 0.146 e. The van der Waals surface area contributed by atoms with Crippen LogP contribution in [-0.2, 0) is 0 Å². The SMILES string of the molecule is Cc1cc(-c2ccc(F)c(N)c2)c(C)s1. The summed E-state index contributed by atoms with van der Waals surface area (Å²) in [6, 6.07) is 6.97. The number of thiophene rings is 1. The van der Waals surface area contributed by atoms with Crippen LogP contribution >= 0.6 is 11.3 Å². The predicted octanol–water partition coefficient (Wildman–Crippen LogP) is 3.75. The maximum absolute atomic E-state index is 13.0. The molecule has 0 unspecified atom stereocenters. The Labute approximate surface area is 92.4 Å². The van der Waals surface area contributed by atoms with Gasteiger partial charge in [0.15, 0.2) is 0 Å². The van der Waals surface area contributed by atoms with E-state index in [1.165, 1.54) is 15.8 Å². The lowest BCUT2D eigenvalue weighted by molar-refractivity contribution is 0.632. The largest absolute Gasteiger partial charge is 0.396 e. The molecule has 1 nitrogen and oxygen atoms in total. The molecule has 0 aliphatic carbocycles. The van der Waals surface area contributed by atoms with E-state index in [0.717, 1.165) is 11.1 Å². The van der Waals surface area contributed by atoms with Gasteiger partial charge in [0, 0.05) is 9.75 Å². The Balaban J connectivity index is 2.54. The number of benzene rings is 1. The summed E-state index contributed by atoms with van der Waals surface area (Å²) in [6.45, 7) is 4.13. The van der Waals surface area contributed by atoms with Gasteiger partial charge in [-0.3, -0.25) is 0 Å². The lowest BCUT2D eigenvalue weighted by atomic mass is 10.1. The van der Waals surface area contributed by atoms with Crippen molar-refractivity contribution < 1.29 is 4.39 Å². The molecule has 0 spiro atoms. The minimum Gasteiger partial charge on any atom is -0.396 e. The number of hydrogen-bond donors (Lipinski definition) is 1. The minimum atomic E-state index is -0.358. The van der Waals surface area contributed by atoms with Crippen LogP contribution in [-0.4, -0.2) is 0 Å². The highest BCUT2D eigenvalue weighted by Gasteiger charge is 2.07. The van der Waals surface area contributed by atoms with Crippen molar-refractivity contribution in [3.63, 3.8) is 0 Å². The van der Waals surface area contributed by atoms with Crippen molar-refractivity contribution in [2.75, 3.05) is 5.73 Å². The summed E-state index contributed by atoms with van der Waals surface area (Å²) < 4.78 is 13.0. The van der Waals surface area contributed by atoms with E-state index in [4.69, 9.17) is 5.73 Å². The van der Waals surface area contributed by atoms with Gasteiger partial charge < -0.3 is 5.73 Å². The summed E-state index contributed by atoms with van der Waals surface area (Å²) in [5.74, 6) is -0.358. The van der Waals surface area contributed by atoms with E-state index in [-0.39, 0.29) is 11.5 Å². The second-order valence-electron chi connectivity index (χ2n) is 3.56. The van der Waals surface area contributed by atoms with Crippen molar-refractivity contribution in [1.82, 2.24) is 0 Å². The molecule has 78 valence electrons. The van der Waals surface area contributed by atoms with Crippen LogP contribution in [0.5, 0.6) is 0 Å². The van der Waals surface area contributed by atoms with E-state index in [0.29, 0.717) is 0 Å². The topological polar surface area (TPSA) is 26.0 Å². The molecule has 3 heteroatoms. The third-order valence-corrected chi connectivity index (χ3v) is 3.31. The fourth-order valence-corrected chi connectivity index (χ4v) is 2.58. The standard InChI is InChI=1S/C12H12FNS/c1-7-5-10(8(2)15-7)9-3-4-11(13)12(14)6-9/h3-6H,14H2,1-2H3. The van der Waals surface area contributed by atoms with Gasteiger partial charge in [-0.1, -0.05) is 6.07 Å². The molecule has 1 heterocycles. The number of halogens is 1. The lowest BCUT2D eigenvalue weighted by Crippen LogP contribution is -1.90. The molecule has 1 aromatic heterocycles. The zero-order chi connectivity index (χ0) is 11.0. The number of anilines is 1. The molecular formula is C12H12FNS. The molecule has 1 aromatic carbocycles. The molecule has 2 rings (SSSR count). The summed E-state index contributed by atoms with van der Waals surface area (Å²) in [4.78, 5) is 2.49.